The van der Waals surface area contributed by atoms with E-state index in [2.05, 4.69) is 11.1 Å². The number of nitrogens with zero attached hydrogens (tertiary/aromatic N) is 2. The molecule has 2 aliphatic rings. The zero-order valence-electron chi connectivity index (χ0n) is 14.2. The first kappa shape index (κ1) is 15.9. The van der Waals surface area contributed by atoms with E-state index >= 15 is 0 Å². The average molecular weight is 334 g/mol. The van der Waals surface area contributed by atoms with Crippen molar-refractivity contribution in [2.24, 2.45) is 0 Å². The first-order chi connectivity index (χ1) is 12.3. The lowest BCUT2D eigenvalue weighted by Gasteiger charge is -2.44. The molecule has 4 rings (SSSR count). The van der Waals surface area contributed by atoms with E-state index in [-0.39, 0.29) is 18.2 Å². The van der Waals surface area contributed by atoms with Crippen LogP contribution in [-0.4, -0.2) is 28.1 Å². The van der Waals surface area contributed by atoms with Crippen molar-refractivity contribution < 1.29 is 9.53 Å². The molecule has 1 fully saturated rings. The highest BCUT2D eigenvalue weighted by Gasteiger charge is 2.38. The summed E-state index contributed by atoms with van der Waals surface area (Å²) in [4.78, 5) is 19.1. The molecule has 0 radical (unpaired) electrons. The molecule has 2 atom stereocenters. The second-order valence-corrected chi connectivity index (χ2v) is 6.71. The van der Waals surface area contributed by atoms with Gasteiger partial charge in [-0.15, -0.1) is 0 Å². The number of carbonyl (C=O) groups is 1. The minimum Gasteiger partial charge on any atom is -0.445 e. The Bertz CT molecular complexity index is 758. The highest BCUT2D eigenvalue weighted by Crippen LogP contribution is 2.36. The van der Waals surface area contributed by atoms with Crippen molar-refractivity contribution >= 4 is 11.7 Å². The van der Waals surface area contributed by atoms with Gasteiger partial charge in [-0.05, 0) is 49.0 Å². The molecule has 128 valence electrons. The van der Waals surface area contributed by atoms with Crippen LogP contribution in [0, 0.1) is 0 Å². The molecule has 4 heteroatoms. The molecular formula is C21H22N2O2. The van der Waals surface area contributed by atoms with E-state index in [1.807, 2.05) is 59.6 Å². The third-order valence-corrected chi connectivity index (χ3v) is 5.05. The van der Waals surface area contributed by atoms with Crippen molar-refractivity contribution in [2.45, 2.75) is 44.4 Å². The standard InChI is InChI=1S/C21H22N2O2/c24-21(25-15-16-7-2-1-3-8-16)23-18-9-6-10-19(23)14-17(13-18)20-11-4-5-12-22-20/h1-5,7-8,11-13,18-19H,6,9-10,14-15H2. The van der Waals surface area contributed by atoms with E-state index in [9.17, 15) is 4.79 Å². The summed E-state index contributed by atoms with van der Waals surface area (Å²) in [5.41, 5.74) is 3.29. The van der Waals surface area contributed by atoms with Gasteiger partial charge < -0.3 is 4.74 Å². The molecule has 2 aromatic rings. The maximum atomic E-state index is 12.7. The monoisotopic (exact) mass is 334 g/mol. The molecule has 2 aliphatic heterocycles. The van der Waals surface area contributed by atoms with Crippen LogP contribution in [-0.2, 0) is 11.3 Å². The number of aromatic nitrogens is 1. The van der Waals surface area contributed by atoms with Crippen LogP contribution in [0.25, 0.3) is 5.57 Å². The molecule has 0 saturated carbocycles. The number of hydrogen-bond acceptors (Lipinski definition) is 3. The molecule has 3 heterocycles. The largest absolute Gasteiger partial charge is 0.445 e. The topological polar surface area (TPSA) is 42.4 Å². The van der Waals surface area contributed by atoms with Gasteiger partial charge in [-0.25, -0.2) is 4.79 Å². The Morgan fingerprint density at radius 2 is 1.96 bits per heavy atom. The van der Waals surface area contributed by atoms with Gasteiger partial charge in [0.05, 0.1) is 11.7 Å². The maximum absolute atomic E-state index is 12.7. The van der Waals surface area contributed by atoms with Gasteiger partial charge >= 0.3 is 6.09 Å². The Morgan fingerprint density at radius 3 is 2.72 bits per heavy atom. The minimum atomic E-state index is -0.199. The maximum Gasteiger partial charge on any atom is 0.410 e. The van der Waals surface area contributed by atoms with E-state index in [4.69, 9.17) is 4.74 Å². The van der Waals surface area contributed by atoms with Gasteiger partial charge in [0.15, 0.2) is 0 Å². The normalized spacial score (nSPS) is 22.2. The van der Waals surface area contributed by atoms with Crippen LogP contribution < -0.4 is 0 Å². The molecule has 1 amide bonds. The zero-order valence-corrected chi connectivity index (χ0v) is 14.2. The van der Waals surface area contributed by atoms with Crippen LogP contribution >= 0.6 is 0 Å². The Labute approximate surface area is 148 Å². The van der Waals surface area contributed by atoms with Crippen molar-refractivity contribution in [3.05, 3.63) is 72.1 Å². The van der Waals surface area contributed by atoms with Crippen LogP contribution in [0.5, 0.6) is 0 Å². The first-order valence-corrected chi connectivity index (χ1v) is 8.92. The van der Waals surface area contributed by atoms with E-state index < -0.39 is 0 Å². The molecule has 1 saturated heterocycles. The first-order valence-electron chi connectivity index (χ1n) is 8.92. The second kappa shape index (κ2) is 7.09. The van der Waals surface area contributed by atoms with E-state index in [1.54, 1.807) is 0 Å². The highest BCUT2D eigenvalue weighted by atomic mass is 16.6. The number of rotatable bonds is 3. The van der Waals surface area contributed by atoms with Crippen LogP contribution in [0.15, 0.2) is 60.8 Å². The number of piperidine rings is 1. The molecule has 1 aromatic carbocycles. The van der Waals surface area contributed by atoms with Gasteiger partial charge in [0.25, 0.3) is 0 Å². The summed E-state index contributed by atoms with van der Waals surface area (Å²) in [5.74, 6) is 0. The molecule has 1 aromatic heterocycles. The molecule has 25 heavy (non-hydrogen) atoms. The molecule has 0 aliphatic carbocycles. The third-order valence-electron chi connectivity index (χ3n) is 5.05. The van der Waals surface area contributed by atoms with E-state index in [1.165, 1.54) is 5.57 Å². The molecule has 0 spiro atoms. The fourth-order valence-corrected chi connectivity index (χ4v) is 3.85. The van der Waals surface area contributed by atoms with Crippen LogP contribution in [0.4, 0.5) is 4.79 Å². The fraction of sp³-hybridized carbons (Fsp3) is 0.333. The lowest BCUT2D eigenvalue weighted by atomic mass is 9.84. The summed E-state index contributed by atoms with van der Waals surface area (Å²) in [5, 5.41) is 0. The van der Waals surface area contributed by atoms with Gasteiger partial charge in [0.1, 0.15) is 6.61 Å². The number of pyridine rings is 1. The van der Waals surface area contributed by atoms with Gasteiger partial charge in [-0.2, -0.15) is 0 Å². The summed E-state index contributed by atoms with van der Waals surface area (Å²) >= 11 is 0. The van der Waals surface area contributed by atoms with Crippen LogP contribution in [0.2, 0.25) is 0 Å². The van der Waals surface area contributed by atoms with Crippen molar-refractivity contribution in [1.29, 1.82) is 0 Å². The van der Waals surface area contributed by atoms with Gasteiger partial charge in [-0.1, -0.05) is 42.5 Å². The quantitative estimate of drug-likeness (QED) is 0.834. The molecule has 0 N–H and O–H groups in total. The van der Waals surface area contributed by atoms with Gasteiger partial charge in [-0.3, -0.25) is 9.88 Å². The average Bonchev–Trinajstić information content (AvgIpc) is 2.66. The number of benzene rings is 1. The van der Waals surface area contributed by atoms with Crippen LogP contribution in [0.1, 0.15) is 36.9 Å². The predicted octanol–water partition coefficient (Wildman–Crippen LogP) is 4.43. The molecule has 4 nitrogen and oxygen atoms in total. The number of carbonyl (C=O) groups excluding carboxylic acids is 1. The third kappa shape index (κ3) is 3.43. The SMILES string of the molecule is O=C(OCc1ccccc1)N1C2C=C(c3ccccn3)CC1CCC2. The lowest BCUT2D eigenvalue weighted by Crippen LogP contribution is -2.51. The number of fused-ring (bicyclic) bond motifs is 2. The van der Waals surface area contributed by atoms with Crippen LogP contribution in [0.3, 0.4) is 0 Å². The summed E-state index contributed by atoms with van der Waals surface area (Å²) in [6.07, 6.45) is 7.87. The smallest absolute Gasteiger partial charge is 0.410 e. The summed E-state index contributed by atoms with van der Waals surface area (Å²) in [7, 11) is 0. The Kier molecular flexibility index (Phi) is 4.51. The number of ether oxygens (including phenoxy) is 1. The van der Waals surface area contributed by atoms with Crippen molar-refractivity contribution in [1.82, 2.24) is 9.88 Å². The van der Waals surface area contributed by atoms with Crippen molar-refractivity contribution in [3.63, 3.8) is 0 Å². The lowest BCUT2D eigenvalue weighted by molar-refractivity contribution is 0.0510. The summed E-state index contributed by atoms with van der Waals surface area (Å²) in [6.45, 7) is 0.326. The Morgan fingerprint density at radius 1 is 1.12 bits per heavy atom. The second-order valence-electron chi connectivity index (χ2n) is 6.71. The zero-order chi connectivity index (χ0) is 17.1. The van der Waals surface area contributed by atoms with Crippen molar-refractivity contribution in [2.75, 3.05) is 0 Å². The predicted molar refractivity (Wildman–Crippen MR) is 96.7 cm³/mol. The number of hydrogen-bond donors (Lipinski definition) is 0. The van der Waals surface area contributed by atoms with Crippen molar-refractivity contribution in [3.8, 4) is 0 Å². The Hall–Kier alpha value is -2.62. The van der Waals surface area contributed by atoms with E-state index in [0.29, 0.717) is 6.61 Å². The number of amides is 1. The molecular weight excluding hydrogens is 312 g/mol. The molecule has 2 bridgehead atoms. The highest BCUT2D eigenvalue weighted by molar-refractivity contribution is 5.73. The summed E-state index contributed by atoms with van der Waals surface area (Å²) in [6, 6.07) is 16.2. The van der Waals surface area contributed by atoms with Gasteiger partial charge in [0.2, 0.25) is 0 Å². The summed E-state index contributed by atoms with van der Waals surface area (Å²) < 4.78 is 5.59. The molecule has 2 unspecified atom stereocenters. The van der Waals surface area contributed by atoms with E-state index in [0.717, 1.165) is 36.9 Å². The minimum absolute atomic E-state index is 0.118. The Balaban J connectivity index is 1.49. The fourth-order valence-electron chi connectivity index (χ4n) is 3.85. The van der Waals surface area contributed by atoms with Gasteiger partial charge in [0, 0.05) is 12.2 Å².